The molecule has 5 nitrogen and oxygen atoms in total. The highest BCUT2D eigenvalue weighted by Gasteiger charge is 2.20. The lowest BCUT2D eigenvalue weighted by Crippen LogP contribution is -2.09. The predicted molar refractivity (Wildman–Crippen MR) is 131 cm³/mol. The number of benzene rings is 4. The summed E-state index contributed by atoms with van der Waals surface area (Å²) in [6.45, 7) is -0.397. The van der Waals surface area contributed by atoms with E-state index in [4.69, 9.17) is 19.2 Å². The van der Waals surface area contributed by atoms with Gasteiger partial charge in [0, 0.05) is 16.7 Å². The number of rotatable bonds is 7. The molecule has 4 aromatic carbocycles. The third kappa shape index (κ3) is 4.45. The van der Waals surface area contributed by atoms with E-state index in [0.717, 1.165) is 33.5 Å². The molecule has 0 amide bonds. The van der Waals surface area contributed by atoms with Crippen molar-refractivity contribution in [3.05, 3.63) is 109 Å². The van der Waals surface area contributed by atoms with Gasteiger partial charge in [-0.1, -0.05) is 91.0 Å². The smallest absolute Gasteiger partial charge is 0.341 e. The highest BCUT2D eigenvalue weighted by molar-refractivity contribution is 5.84. The van der Waals surface area contributed by atoms with Crippen LogP contribution in [0.1, 0.15) is 0 Å². The van der Waals surface area contributed by atoms with Gasteiger partial charge in [0.05, 0.1) is 0 Å². The maximum absolute atomic E-state index is 10.9. The summed E-state index contributed by atoms with van der Waals surface area (Å²) in [6, 6.07) is 35.1. The number of aromatic nitrogens is 1. The van der Waals surface area contributed by atoms with Crippen LogP contribution in [0.5, 0.6) is 5.75 Å². The summed E-state index contributed by atoms with van der Waals surface area (Å²) in [6.07, 6.45) is 0. The summed E-state index contributed by atoms with van der Waals surface area (Å²) in [7, 11) is 0. The number of hydrogen-bond acceptors (Lipinski definition) is 4. The number of carboxylic acid groups (broad SMARTS) is 1. The first-order chi connectivity index (χ1) is 16.7. The normalized spacial score (nSPS) is 10.7. The molecule has 0 spiro atoms. The predicted octanol–water partition coefficient (Wildman–Crippen LogP) is 6.81. The van der Waals surface area contributed by atoms with E-state index in [0.29, 0.717) is 17.4 Å². The topological polar surface area (TPSA) is 72.6 Å². The molecule has 0 saturated heterocycles. The third-order valence-electron chi connectivity index (χ3n) is 5.38. The van der Waals surface area contributed by atoms with Gasteiger partial charge in [-0.15, -0.1) is 0 Å². The van der Waals surface area contributed by atoms with Crippen LogP contribution < -0.4 is 4.74 Å². The van der Waals surface area contributed by atoms with Crippen LogP contribution in [0.3, 0.4) is 0 Å². The Labute approximate surface area is 196 Å². The van der Waals surface area contributed by atoms with E-state index < -0.39 is 12.6 Å². The molecular formula is C29H21NO4. The molecule has 1 N–H and O–H groups in total. The Morgan fingerprint density at radius 3 is 2.06 bits per heavy atom. The first-order valence-corrected chi connectivity index (χ1v) is 10.8. The molecule has 0 saturated carbocycles. The first kappa shape index (κ1) is 21.2. The molecule has 1 aromatic heterocycles. The van der Waals surface area contributed by atoms with Crippen molar-refractivity contribution in [2.24, 2.45) is 0 Å². The van der Waals surface area contributed by atoms with Gasteiger partial charge in [0.2, 0.25) is 5.89 Å². The van der Waals surface area contributed by atoms with Crippen LogP contribution in [0.2, 0.25) is 0 Å². The van der Waals surface area contributed by atoms with E-state index >= 15 is 0 Å². The molecule has 0 fully saturated rings. The second-order valence-corrected chi connectivity index (χ2v) is 7.68. The van der Waals surface area contributed by atoms with E-state index in [1.807, 2.05) is 103 Å². The first-order valence-electron chi connectivity index (χ1n) is 10.8. The van der Waals surface area contributed by atoms with Crippen LogP contribution in [-0.4, -0.2) is 22.7 Å². The molecule has 166 valence electrons. The molecule has 1 heterocycles. The molecule has 0 unspecified atom stereocenters. The number of hydrogen-bond donors (Lipinski definition) is 1. The Kier molecular flexibility index (Phi) is 5.91. The minimum Gasteiger partial charge on any atom is -0.482 e. The molecule has 5 aromatic rings. The van der Waals surface area contributed by atoms with E-state index in [2.05, 4.69) is 0 Å². The lowest BCUT2D eigenvalue weighted by molar-refractivity contribution is -0.139. The number of carboxylic acids is 1. The zero-order valence-corrected chi connectivity index (χ0v) is 18.2. The molecule has 0 aliphatic rings. The van der Waals surface area contributed by atoms with Crippen molar-refractivity contribution in [1.29, 1.82) is 0 Å². The van der Waals surface area contributed by atoms with Crippen LogP contribution in [0.15, 0.2) is 114 Å². The molecule has 34 heavy (non-hydrogen) atoms. The average Bonchev–Trinajstić information content (AvgIpc) is 3.34. The monoisotopic (exact) mass is 447 g/mol. The van der Waals surface area contributed by atoms with Crippen molar-refractivity contribution in [3.63, 3.8) is 0 Å². The number of nitrogens with zero attached hydrogens (tertiary/aromatic N) is 1. The van der Waals surface area contributed by atoms with Crippen molar-refractivity contribution >= 4 is 5.97 Å². The van der Waals surface area contributed by atoms with Gasteiger partial charge in [-0.25, -0.2) is 9.78 Å². The summed E-state index contributed by atoms with van der Waals surface area (Å²) in [5, 5.41) is 8.92. The number of carbonyl (C=O) groups is 1. The molecular weight excluding hydrogens is 426 g/mol. The van der Waals surface area contributed by atoms with E-state index in [9.17, 15) is 4.79 Å². The molecule has 0 aliphatic carbocycles. The van der Waals surface area contributed by atoms with Gasteiger partial charge in [0.15, 0.2) is 12.4 Å². The molecule has 0 atom stereocenters. The average molecular weight is 447 g/mol. The summed E-state index contributed by atoms with van der Waals surface area (Å²) in [4.78, 5) is 15.8. The van der Waals surface area contributed by atoms with Crippen molar-refractivity contribution in [3.8, 4) is 50.9 Å². The Bertz CT molecular complexity index is 1370. The van der Waals surface area contributed by atoms with Crippen LogP contribution >= 0.6 is 0 Å². The molecule has 5 rings (SSSR count). The van der Waals surface area contributed by atoms with Gasteiger partial charge in [-0.2, -0.15) is 0 Å². The second kappa shape index (κ2) is 9.46. The second-order valence-electron chi connectivity index (χ2n) is 7.68. The zero-order valence-electron chi connectivity index (χ0n) is 18.2. The SMILES string of the molecule is O=C(O)COc1cccc(-c2ccccc2-c2nc(-c3ccccc3)c(-c3ccccc3)o2)c1. The Morgan fingerprint density at radius 1 is 0.735 bits per heavy atom. The highest BCUT2D eigenvalue weighted by atomic mass is 16.5. The number of ether oxygens (including phenoxy) is 1. The van der Waals surface area contributed by atoms with Crippen LogP contribution in [0, 0.1) is 0 Å². The lowest BCUT2D eigenvalue weighted by atomic mass is 9.99. The fourth-order valence-electron chi connectivity index (χ4n) is 3.83. The number of oxazole rings is 1. The fourth-order valence-corrected chi connectivity index (χ4v) is 3.83. The quantitative estimate of drug-likeness (QED) is 0.297. The Hall–Kier alpha value is -4.64. The molecule has 0 radical (unpaired) electrons. The highest BCUT2D eigenvalue weighted by Crippen LogP contribution is 2.39. The van der Waals surface area contributed by atoms with Gasteiger partial charge in [0.25, 0.3) is 0 Å². The molecule has 5 heteroatoms. The zero-order chi connectivity index (χ0) is 23.3. The summed E-state index contributed by atoms with van der Waals surface area (Å²) < 4.78 is 11.8. The van der Waals surface area contributed by atoms with Crippen LogP contribution in [0.4, 0.5) is 0 Å². The van der Waals surface area contributed by atoms with Gasteiger partial charge in [0.1, 0.15) is 11.4 Å². The summed E-state index contributed by atoms with van der Waals surface area (Å²) in [5.41, 5.74) is 5.30. The van der Waals surface area contributed by atoms with E-state index in [1.54, 1.807) is 6.07 Å². The minimum atomic E-state index is -1.02. The molecule has 0 bridgehead atoms. The minimum absolute atomic E-state index is 0.397. The maximum Gasteiger partial charge on any atom is 0.341 e. The van der Waals surface area contributed by atoms with Gasteiger partial charge in [-0.3, -0.25) is 0 Å². The van der Waals surface area contributed by atoms with Crippen molar-refractivity contribution < 1.29 is 19.1 Å². The van der Waals surface area contributed by atoms with Gasteiger partial charge >= 0.3 is 5.97 Å². The van der Waals surface area contributed by atoms with Gasteiger partial charge < -0.3 is 14.3 Å². The third-order valence-corrected chi connectivity index (χ3v) is 5.38. The lowest BCUT2D eigenvalue weighted by Gasteiger charge is -2.09. The van der Waals surface area contributed by atoms with E-state index in [-0.39, 0.29) is 0 Å². The maximum atomic E-state index is 10.9. The fraction of sp³-hybridized carbons (Fsp3) is 0.0345. The summed E-state index contributed by atoms with van der Waals surface area (Å²) >= 11 is 0. The van der Waals surface area contributed by atoms with Gasteiger partial charge in [-0.05, 0) is 29.3 Å². The van der Waals surface area contributed by atoms with Crippen LogP contribution in [-0.2, 0) is 4.79 Å². The Balaban J connectivity index is 1.62. The number of aliphatic carboxylic acids is 1. The largest absolute Gasteiger partial charge is 0.482 e. The molecule has 0 aliphatic heterocycles. The van der Waals surface area contributed by atoms with Crippen molar-refractivity contribution in [1.82, 2.24) is 4.98 Å². The van der Waals surface area contributed by atoms with Crippen LogP contribution in [0.25, 0.3) is 45.2 Å². The summed E-state index contributed by atoms with van der Waals surface area (Å²) in [5.74, 6) is 0.671. The Morgan fingerprint density at radius 2 is 1.35 bits per heavy atom. The van der Waals surface area contributed by atoms with Crippen molar-refractivity contribution in [2.45, 2.75) is 0 Å². The van der Waals surface area contributed by atoms with Crippen molar-refractivity contribution in [2.75, 3.05) is 6.61 Å². The van der Waals surface area contributed by atoms with E-state index in [1.165, 1.54) is 0 Å². The standard InChI is InChI=1S/C29H21NO4/c31-26(32)19-33-23-15-9-14-22(18-23)24-16-7-8-17-25(24)29-30-27(20-10-3-1-4-11-20)28(34-29)21-12-5-2-6-13-21/h1-18H,19H2,(H,31,32).